The first-order valence-electron chi connectivity index (χ1n) is 9.88. The Balaban J connectivity index is 2.01. The number of rotatable bonds is 13. The molecular weight excluding hydrogens is 312 g/mol. The quantitative estimate of drug-likeness (QED) is 0.326. The first-order chi connectivity index (χ1) is 12.3. The van der Waals surface area contributed by atoms with Gasteiger partial charge in [-0.25, -0.2) is 0 Å². The molecule has 0 fully saturated rings. The van der Waals surface area contributed by atoms with Gasteiger partial charge in [0.1, 0.15) is 0 Å². The molecule has 0 radical (unpaired) electrons. The van der Waals surface area contributed by atoms with E-state index in [4.69, 9.17) is 0 Å². The molecule has 0 saturated heterocycles. The lowest BCUT2D eigenvalue weighted by molar-refractivity contribution is 0.576. The van der Waals surface area contributed by atoms with Gasteiger partial charge in [-0.1, -0.05) is 51.5 Å². The molecule has 0 unspecified atom stereocenters. The van der Waals surface area contributed by atoms with Crippen LogP contribution < -0.4 is 16.2 Å². The molecule has 0 spiro atoms. The molecule has 0 aromatic carbocycles. The molecule has 0 aliphatic rings. The van der Waals surface area contributed by atoms with Crippen LogP contribution in [0.25, 0.3) is 0 Å². The van der Waals surface area contributed by atoms with Crippen LogP contribution in [0.4, 0.5) is 0 Å². The number of guanidine groups is 1. The van der Waals surface area contributed by atoms with E-state index >= 15 is 0 Å². The highest BCUT2D eigenvalue weighted by Crippen LogP contribution is 2.06. The number of aromatic nitrogens is 1. The zero-order valence-corrected chi connectivity index (χ0v) is 16.1. The fourth-order valence-electron chi connectivity index (χ4n) is 2.77. The minimum Gasteiger partial charge on any atom is -0.356 e. The number of nitrogens with zero attached hydrogens (tertiary/aromatic N) is 2. The molecule has 0 bridgehead atoms. The zero-order valence-electron chi connectivity index (χ0n) is 16.1. The SMILES string of the molecule is CCCCCCCCCNC(=NC)NCCCCn1ccccc1=O. The lowest BCUT2D eigenvalue weighted by Gasteiger charge is -2.12. The second-order valence-corrected chi connectivity index (χ2v) is 6.49. The highest BCUT2D eigenvalue weighted by Gasteiger charge is 1.98. The van der Waals surface area contributed by atoms with Crippen LogP contribution in [0.2, 0.25) is 0 Å². The number of hydrogen-bond donors (Lipinski definition) is 2. The minimum absolute atomic E-state index is 0.0719. The Morgan fingerprint density at radius 2 is 1.60 bits per heavy atom. The third-order valence-electron chi connectivity index (χ3n) is 4.31. The monoisotopic (exact) mass is 348 g/mol. The minimum atomic E-state index is 0.0719. The smallest absolute Gasteiger partial charge is 0.250 e. The fourth-order valence-corrected chi connectivity index (χ4v) is 2.77. The number of nitrogens with one attached hydrogen (secondary N) is 2. The van der Waals surface area contributed by atoms with Gasteiger partial charge in [-0.15, -0.1) is 0 Å². The van der Waals surface area contributed by atoms with E-state index in [0.29, 0.717) is 0 Å². The molecule has 2 N–H and O–H groups in total. The summed E-state index contributed by atoms with van der Waals surface area (Å²) in [5, 5.41) is 6.71. The summed E-state index contributed by atoms with van der Waals surface area (Å²) in [5.74, 6) is 0.878. The lowest BCUT2D eigenvalue weighted by Crippen LogP contribution is -2.38. The van der Waals surface area contributed by atoms with Gasteiger partial charge in [-0.3, -0.25) is 9.79 Å². The van der Waals surface area contributed by atoms with Gasteiger partial charge in [0.15, 0.2) is 5.96 Å². The van der Waals surface area contributed by atoms with E-state index in [1.807, 2.05) is 19.3 Å². The van der Waals surface area contributed by atoms with Crippen LogP contribution in [0.5, 0.6) is 0 Å². The number of pyridine rings is 1. The van der Waals surface area contributed by atoms with Crippen molar-refractivity contribution in [3.63, 3.8) is 0 Å². The molecule has 5 nitrogen and oxygen atoms in total. The Labute approximate surface area is 152 Å². The molecule has 0 aliphatic heterocycles. The largest absolute Gasteiger partial charge is 0.356 e. The van der Waals surface area contributed by atoms with Crippen molar-refractivity contribution in [2.24, 2.45) is 4.99 Å². The van der Waals surface area contributed by atoms with Gasteiger partial charge in [0.25, 0.3) is 0 Å². The zero-order chi connectivity index (χ0) is 18.2. The lowest BCUT2D eigenvalue weighted by atomic mass is 10.1. The van der Waals surface area contributed by atoms with Crippen LogP contribution in [0.1, 0.15) is 64.7 Å². The van der Waals surface area contributed by atoms with Crippen LogP contribution in [-0.2, 0) is 6.54 Å². The van der Waals surface area contributed by atoms with Crippen molar-refractivity contribution in [3.8, 4) is 0 Å². The van der Waals surface area contributed by atoms with E-state index in [1.54, 1.807) is 16.7 Å². The maximum Gasteiger partial charge on any atom is 0.250 e. The van der Waals surface area contributed by atoms with Crippen molar-refractivity contribution in [2.75, 3.05) is 20.1 Å². The highest BCUT2D eigenvalue weighted by molar-refractivity contribution is 5.79. The summed E-state index contributed by atoms with van der Waals surface area (Å²) in [6.07, 6.45) is 13.1. The molecule has 0 saturated carbocycles. The first kappa shape index (κ1) is 21.3. The van der Waals surface area contributed by atoms with Crippen molar-refractivity contribution in [1.29, 1.82) is 0 Å². The van der Waals surface area contributed by atoms with Crippen LogP contribution in [0, 0.1) is 0 Å². The maximum atomic E-state index is 11.6. The molecular formula is C20H36N4O. The third kappa shape index (κ3) is 10.6. The van der Waals surface area contributed by atoms with Crippen LogP contribution >= 0.6 is 0 Å². The highest BCUT2D eigenvalue weighted by atomic mass is 16.1. The Morgan fingerprint density at radius 1 is 0.960 bits per heavy atom. The van der Waals surface area contributed by atoms with Crippen LogP contribution in [-0.4, -0.2) is 30.7 Å². The summed E-state index contributed by atoms with van der Waals surface area (Å²) in [5.41, 5.74) is 0.0719. The Bertz CT molecular complexity index is 524. The van der Waals surface area contributed by atoms with Gasteiger partial charge in [-0.2, -0.15) is 0 Å². The summed E-state index contributed by atoms with van der Waals surface area (Å²) in [6, 6.07) is 5.28. The Kier molecular flexibility index (Phi) is 12.4. The van der Waals surface area contributed by atoms with Gasteiger partial charge in [0, 0.05) is 38.9 Å². The molecule has 0 amide bonds. The van der Waals surface area contributed by atoms with E-state index in [0.717, 1.165) is 38.4 Å². The molecule has 5 heteroatoms. The average molecular weight is 349 g/mol. The summed E-state index contributed by atoms with van der Waals surface area (Å²) < 4.78 is 1.76. The third-order valence-corrected chi connectivity index (χ3v) is 4.31. The van der Waals surface area contributed by atoms with Crippen molar-refractivity contribution in [1.82, 2.24) is 15.2 Å². The first-order valence-corrected chi connectivity index (χ1v) is 9.88. The molecule has 1 aromatic heterocycles. The predicted molar refractivity (Wildman–Crippen MR) is 107 cm³/mol. The molecule has 0 atom stereocenters. The Hall–Kier alpha value is -1.78. The van der Waals surface area contributed by atoms with E-state index in [1.165, 1.54) is 44.9 Å². The van der Waals surface area contributed by atoms with Gasteiger partial charge in [0.05, 0.1) is 0 Å². The van der Waals surface area contributed by atoms with Gasteiger partial charge >= 0.3 is 0 Å². The molecule has 142 valence electrons. The molecule has 1 heterocycles. The van der Waals surface area contributed by atoms with E-state index < -0.39 is 0 Å². The van der Waals surface area contributed by atoms with Gasteiger partial charge in [0.2, 0.25) is 5.56 Å². The molecule has 25 heavy (non-hydrogen) atoms. The average Bonchev–Trinajstić information content (AvgIpc) is 2.63. The van der Waals surface area contributed by atoms with Crippen molar-refractivity contribution in [3.05, 3.63) is 34.7 Å². The van der Waals surface area contributed by atoms with Crippen molar-refractivity contribution >= 4 is 5.96 Å². The summed E-state index contributed by atoms with van der Waals surface area (Å²) >= 11 is 0. The summed E-state index contributed by atoms with van der Waals surface area (Å²) in [7, 11) is 1.81. The Morgan fingerprint density at radius 3 is 2.24 bits per heavy atom. The van der Waals surface area contributed by atoms with Crippen molar-refractivity contribution in [2.45, 2.75) is 71.3 Å². The second kappa shape index (κ2) is 14.6. The standard InChI is InChI=1S/C20H36N4O/c1-3-4-5-6-7-8-10-15-22-20(21-2)23-16-11-13-18-24-17-12-9-14-19(24)25/h9,12,14,17H,3-8,10-11,13,15-16,18H2,1-2H3,(H2,21,22,23). The van der Waals surface area contributed by atoms with Crippen LogP contribution in [0.15, 0.2) is 34.2 Å². The number of unbranched alkanes of at least 4 members (excludes halogenated alkanes) is 7. The number of aryl methyl sites for hydroxylation is 1. The van der Waals surface area contributed by atoms with E-state index in [9.17, 15) is 4.79 Å². The normalized spacial score (nSPS) is 11.5. The van der Waals surface area contributed by atoms with Crippen molar-refractivity contribution < 1.29 is 0 Å². The fraction of sp³-hybridized carbons (Fsp3) is 0.700. The summed E-state index contributed by atoms with van der Waals surface area (Å²) in [6.45, 7) is 4.88. The predicted octanol–water partition coefficient (Wildman–Crippen LogP) is 3.54. The summed E-state index contributed by atoms with van der Waals surface area (Å²) in [4.78, 5) is 15.9. The molecule has 0 aliphatic carbocycles. The van der Waals surface area contributed by atoms with E-state index in [2.05, 4.69) is 22.5 Å². The number of hydrogen-bond acceptors (Lipinski definition) is 2. The maximum absolute atomic E-state index is 11.6. The molecule has 1 rings (SSSR count). The van der Waals surface area contributed by atoms with Gasteiger partial charge in [-0.05, 0) is 25.3 Å². The van der Waals surface area contributed by atoms with Gasteiger partial charge < -0.3 is 15.2 Å². The van der Waals surface area contributed by atoms with E-state index in [-0.39, 0.29) is 5.56 Å². The second-order valence-electron chi connectivity index (χ2n) is 6.49. The topological polar surface area (TPSA) is 58.4 Å². The van der Waals surface area contributed by atoms with Crippen LogP contribution in [0.3, 0.4) is 0 Å². The molecule has 1 aromatic rings. The number of aliphatic imine (C=N–C) groups is 1.